The van der Waals surface area contributed by atoms with Gasteiger partial charge in [-0.05, 0) is 53.9 Å². The second-order valence-electron chi connectivity index (χ2n) is 6.70. The molecule has 0 aromatic carbocycles. The van der Waals surface area contributed by atoms with Gasteiger partial charge in [0.05, 0.1) is 5.92 Å². The Morgan fingerprint density at radius 1 is 1.24 bits per heavy atom. The van der Waals surface area contributed by atoms with Gasteiger partial charge in [-0.15, -0.1) is 22.7 Å². The first-order valence-electron chi connectivity index (χ1n) is 8.72. The molecule has 1 atom stereocenters. The van der Waals surface area contributed by atoms with Gasteiger partial charge in [0, 0.05) is 9.75 Å². The van der Waals surface area contributed by atoms with Crippen molar-refractivity contribution < 1.29 is 8.83 Å². The predicted molar refractivity (Wildman–Crippen MR) is 111 cm³/mol. The average Bonchev–Trinajstić information content (AvgIpc) is 3.44. The Kier molecular flexibility index (Phi) is 3.87. The van der Waals surface area contributed by atoms with E-state index >= 15 is 0 Å². The van der Waals surface area contributed by atoms with Crippen molar-refractivity contribution in [2.75, 3.05) is 5.73 Å². The van der Waals surface area contributed by atoms with Crippen molar-refractivity contribution in [3.8, 4) is 12.0 Å². The molecule has 0 bridgehead atoms. The number of rotatable bonds is 2. The van der Waals surface area contributed by atoms with Crippen molar-refractivity contribution in [2.24, 2.45) is 0 Å². The minimum absolute atomic E-state index is 0.0289. The zero-order chi connectivity index (χ0) is 20.3. The van der Waals surface area contributed by atoms with Gasteiger partial charge in [-0.1, -0.05) is 0 Å². The van der Waals surface area contributed by atoms with Gasteiger partial charge < -0.3 is 14.6 Å². The van der Waals surface area contributed by atoms with E-state index in [9.17, 15) is 10.1 Å². The quantitative estimate of drug-likeness (QED) is 0.531. The molecule has 4 aromatic heterocycles. The number of hydrogen-bond acceptors (Lipinski definition) is 8. The second kappa shape index (κ2) is 6.34. The topological polar surface area (TPSA) is 111 Å². The van der Waals surface area contributed by atoms with Gasteiger partial charge in [0.25, 0.3) is 6.01 Å². The molecule has 0 unspecified atom stereocenters. The van der Waals surface area contributed by atoms with E-state index in [1.807, 2.05) is 36.7 Å². The summed E-state index contributed by atoms with van der Waals surface area (Å²) >= 11 is 3.02. The maximum atomic E-state index is 12.8. The van der Waals surface area contributed by atoms with Gasteiger partial charge in [0.1, 0.15) is 22.7 Å². The molecule has 5 heterocycles. The summed E-state index contributed by atoms with van der Waals surface area (Å²) in [5.74, 6) is -0.196. The lowest BCUT2D eigenvalue weighted by atomic mass is 9.91. The molecule has 5 rings (SSSR count). The van der Waals surface area contributed by atoms with Crippen molar-refractivity contribution in [3.63, 3.8) is 0 Å². The highest BCUT2D eigenvalue weighted by Crippen LogP contribution is 2.41. The third-order valence-electron chi connectivity index (χ3n) is 4.94. The summed E-state index contributed by atoms with van der Waals surface area (Å²) in [7, 11) is 0. The monoisotopic (exact) mass is 422 g/mol. The average molecular weight is 422 g/mol. The molecular weight excluding hydrogens is 408 g/mol. The van der Waals surface area contributed by atoms with Crippen LogP contribution in [0.3, 0.4) is 0 Å². The standard InChI is InChI=1S/C20H14N4O3S2/c1-9-3-5-28-13(9)7-12-19(25)26-17-11(8-21)14(16-10(2)4-6-29-16)15-18(24(12)17)27-20(22)23-15/h3-7,14H,1-2H3,(H2,22,23)/b12-7+/t14-/m1/s1. The number of nitrogen functional groups attached to an aromatic ring is 1. The molecule has 0 aliphatic carbocycles. The Hall–Kier alpha value is -3.35. The van der Waals surface area contributed by atoms with Gasteiger partial charge in [-0.25, -0.2) is 9.36 Å². The van der Waals surface area contributed by atoms with Crippen molar-refractivity contribution >= 4 is 40.3 Å². The minimum Gasteiger partial charge on any atom is -0.406 e. The number of hydrogen-bond donors (Lipinski definition) is 1. The van der Waals surface area contributed by atoms with Gasteiger partial charge in [-0.3, -0.25) is 0 Å². The number of nitriles is 1. The van der Waals surface area contributed by atoms with E-state index in [0.717, 1.165) is 20.9 Å². The summed E-state index contributed by atoms with van der Waals surface area (Å²) in [6.45, 7) is 3.93. The number of anilines is 1. The first-order valence-corrected chi connectivity index (χ1v) is 10.5. The number of fused-ring (bicyclic) bond motifs is 3. The SMILES string of the molecule is Cc1ccsc1/C=c1\c(=O)oc2n1-c1oc(N)nc1[C@H](c1sccc1C)C=2C#N. The zero-order valence-electron chi connectivity index (χ0n) is 15.4. The number of aryl methyl sites for hydroxylation is 2. The maximum Gasteiger partial charge on any atom is 0.362 e. The van der Waals surface area contributed by atoms with Gasteiger partial charge in [0.15, 0.2) is 0 Å². The number of nitrogens with zero attached hydrogens (tertiary/aromatic N) is 3. The summed E-state index contributed by atoms with van der Waals surface area (Å²) in [4.78, 5) is 19.0. The fourth-order valence-corrected chi connectivity index (χ4v) is 5.43. The molecular formula is C20H14N4O3S2. The number of oxazole rings is 2. The van der Waals surface area contributed by atoms with E-state index in [4.69, 9.17) is 14.6 Å². The molecule has 4 aromatic rings. The lowest BCUT2D eigenvalue weighted by Gasteiger charge is -2.18. The van der Waals surface area contributed by atoms with Gasteiger partial charge in [0.2, 0.25) is 11.4 Å². The molecule has 0 amide bonds. The maximum absolute atomic E-state index is 12.8. The Labute approximate surface area is 172 Å². The van der Waals surface area contributed by atoms with Crippen LogP contribution in [-0.4, -0.2) is 9.55 Å². The van der Waals surface area contributed by atoms with Crippen LogP contribution in [0.4, 0.5) is 6.01 Å². The fourth-order valence-electron chi connectivity index (χ4n) is 3.54. The smallest absolute Gasteiger partial charge is 0.362 e. The Morgan fingerprint density at radius 2 is 2.00 bits per heavy atom. The molecule has 1 aliphatic heterocycles. The minimum atomic E-state index is -0.551. The normalized spacial score (nSPS) is 16.0. The van der Waals surface area contributed by atoms with Crippen LogP contribution in [0.15, 0.2) is 36.5 Å². The molecule has 144 valence electrons. The van der Waals surface area contributed by atoms with E-state index in [-0.39, 0.29) is 16.9 Å². The molecule has 0 saturated carbocycles. The summed E-state index contributed by atoms with van der Waals surface area (Å²) < 4.78 is 12.8. The first-order chi connectivity index (χ1) is 14.0. The Morgan fingerprint density at radius 3 is 2.66 bits per heavy atom. The van der Waals surface area contributed by atoms with Crippen molar-refractivity contribution in [1.82, 2.24) is 9.55 Å². The largest absolute Gasteiger partial charge is 0.406 e. The van der Waals surface area contributed by atoms with Crippen LogP contribution in [0.25, 0.3) is 17.5 Å². The number of nitrogens with two attached hydrogens (primary N) is 1. The van der Waals surface area contributed by atoms with Gasteiger partial charge in [-0.2, -0.15) is 10.2 Å². The van der Waals surface area contributed by atoms with Crippen molar-refractivity contribution in [2.45, 2.75) is 19.8 Å². The van der Waals surface area contributed by atoms with Crippen LogP contribution in [0.1, 0.15) is 32.5 Å². The van der Waals surface area contributed by atoms with Crippen LogP contribution in [0.5, 0.6) is 0 Å². The summed E-state index contributed by atoms with van der Waals surface area (Å²) in [6, 6.07) is 6.14. The van der Waals surface area contributed by atoms with E-state index in [1.54, 1.807) is 6.08 Å². The lowest BCUT2D eigenvalue weighted by Crippen LogP contribution is -2.35. The summed E-state index contributed by atoms with van der Waals surface area (Å²) in [6.07, 6.45) is 1.74. The molecule has 0 saturated heterocycles. The third kappa shape index (κ3) is 2.53. The highest BCUT2D eigenvalue weighted by molar-refractivity contribution is 7.11. The van der Waals surface area contributed by atoms with Gasteiger partial charge >= 0.3 is 5.63 Å². The van der Waals surface area contributed by atoms with Crippen LogP contribution in [-0.2, 0) is 0 Å². The van der Waals surface area contributed by atoms with E-state index in [0.29, 0.717) is 17.2 Å². The zero-order valence-corrected chi connectivity index (χ0v) is 17.1. The van der Waals surface area contributed by atoms with E-state index in [1.165, 1.54) is 27.2 Å². The summed E-state index contributed by atoms with van der Waals surface area (Å²) in [5.41, 5.74) is 8.33. The summed E-state index contributed by atoms with van der Waals surface area (Å²) in [5, 5.41) is 14.1. The van der Waals surface area contributed by atoms with E-state index < -0.39 is 11.5 Å². The molecule has 0 spiro atoms. The Balaban J connectivity index is 1.94. The van der Waals surface area contributed by atoms with E-state index in [2.05, 4.69) is 11.1 Å². The molecule has 1 aliphatic rings. The Bertz CT molecular complexity index is 1490. The van der Waals surface area contributed by atoms with Crippen LogP contribution < -0.4 is 22.3 Å². The fraction of sp³-hybridized carbons (Fsp3) is 0.150. The lowest BCUT2D eigenvalue weighted by molar-refractivity contribution is 0.455. The number of thiophene rings is 2. The predicted octanol–water partition coefficient (Wildman–Crippen LogP) is 2.39. The molecule has 2 N–H and O–H groups in total. The third-order valence-corrected chi connectivity index (χ3v) is 6.99. The molecule has 29 heavy (non-hydrogen) atoms. The molecule has 0 radical (unpaired) electrons. The molecule has 7 nitrogen and oxygen atoms in total. The van der Waals surface area contributed by atoms with Crippen LogP contribution in [0, 0.1) is 25.2 Å². The number of aromatic nitrogens is 2. The highest BCUT2D eigenvalue weighted by Gasteiger charge is 2.37. The highest BCUT2D eigenvalue weighted by atomic mass is 32.1. The molecule has 9 heteroatoms. The molecule has 0 fully saturated rings. The first kappa shape index (κ1) is 17.7. The van der Waals surface area contributed by atoms with Crippen LogP contribution >= 0.6 is 22.7 Å². The van der Waals surface area contributed by atoms with Crippen LogP contribution in [0.2, 0.25) is 0 Å². The van der Waals surface area contributed by atoms with Crippen molar-refractivity contribution in [1.29, 1.82) is 5.26 Å². The van der Waals surface area contributed by atoms with Crippen molar-refractivity contribution in [3.05, 3.63) is 70.8 Å². The second-order valence-corrected chi connectivity index (χ2v) is 8.59.